The van der Waals surface area contributed by atoms with Crippen molar-refractivity contribution >= 4 is 5.97 Å². The molecule has 1 aliphatic carbocycles. The topological polar surface area (TPSA) is 70.0 Å². The van der Waals surface area contributed by atoms with Gasteiger partial charge in [0.25, 0.3) is 0 Å². The summed E-state index contributed by atoms with van der Waals surface area (Å²) in [5.74, 6) is -0.901. The number of aliphatic hydroxyl groups is 1. The van der Waals surface area contributed by atoms with Gasteiger partial charge in [0.2, 0.25) is 0 Å². The van der Waals surface area contributed by atoms with Crippen LogP contribution < -0.4 is 0 Å². The third kappa shape index (κ3) is 4.44. The number of nitrogens with zero attached hydrogens (tertiary/aromatic N) is 1. The molecule has 0 aromatic carbocycles. The number of hydrogen-bond acceptors (Lipinski definition) is 4. The molecule has 2 rings (SSSR count). The molecule has 1 saturated heterocycles. The molecule has 1 heterocycles. The maximum absolute atomic E-state index is 10.5. The molecule has 110 valence electrons. The lowest BCUT2D eigenvalue weighted by molar-refractivity contribution is -0.145. The van der Waals surface area contributed by atoms with Gasteiger partial charge < -0.3 is 14.9 Å². The zero-order chi connectivity index (χ0) is 13.7. The van der Waals surface area contributed by atoms with Gasteiger partial charge in [0.05, 0.1) is 12.2 Å². The van der Waals surface area contributed by atoms with E-state index in [2.05, 4.69) is 4.90 Å². The van der Waals surface area contributed by atoms with Gasteiger partial charge >= 0.3 is 5.97 Å². The molecule has 2 atom stereocenters. The van der Waals surface area contributed by atoms with E-state index in [4.69, 9.17) is 9.84 Å². The van der Waals surface area contributed by atoms with Gasteiger partial charge in [0.1, 0.15) is 6.61 Å². The Morgan fingerprint density at radius 1 is 1.11 bits per heavy atom. The average molecular weight is 271 g/mol. The van der Waals surface area contributed by atoms with Crippen LogP contribution in [0.15, 0.2) is 0 Å². The summed E-state index contributed by atoms with van der Waals surface area (Å²) in [7, 11) is 0. The summed E-state index contributed by atoms with van der Waals surface area (Å²) in [5, 5.41) is 18.8. The molecule has 0 aromatic heterocycles. The fourth-order valence-corrected chi connectivity index (χ4v) is 3.26. The van der Waals surface area contributed by atoms with Crippen molar-refractivity contribution in [3.8, 4) is 0 Å². The molecule has 0 spiro atoms. The monoisotopic (exact) mass is 271 g/mol. The normalized spacial score (nSPS) is 31.0. The molecule has 0 radical (unpaired) electrons. The number of likely N-dealkylation sites (tertiary alicyclic amines) is 1. The summed E-state index contributed by atoms with van der Waals surface area (Å²) in [6.45, 7) is 1.62. The maximum atomic E-state index is 10.5. The van der Waals surface area contributed by atoms with Gasteiger partial charge in [-0.2, -0.15) is 0 Å². The highest BCUT2D eigenvalue weighted by Gasteiger charge is 2.30. The van der Waals surface area contributed by atoms with Crippen molar-refractivity contribution in [1.82, 2.24) is 4.90 Å². The highest BCUT2D eigenvalue weighted by Crippen LogP contribution is 2.25. The first-order chi connectivity index (χ1) is 9.16. The molecular weight excluding hydrogens is 246 g/mol. The Bertz CT molecular complexity index is 289. The van der Waals surface area contributed by atoms with E-state index in [1.54, 1.807) is 0 Å². The van der Waals surface area contributed by atoms with E-state index in [9.17, 15) is 9.90 Å². The Labute approximate surface area is 114 Å². The first-order valence-electron chi connectivity index (χ1n) is 7.42. The lowest BCUT2D eigenvalue weighted by Crippen LogP contribution is -2.48. The fourth-order valence-electron chi connectivity index (χ4n) is 3.26. The van der Waals surface area contributed by atoms with Gasteiger partial charge in [0.15, 0.2) is 0 Å². The molecule has 2 N–H and O–H groups in total. The van der Waals surface area contributed by atoms with Gasteiger partial charge in [-0.3, -0.25) is 4.90 Å². The largest absolute Gasteiger partial charge is 0.480 e. The predicted octanol–water partition coefficient (Wildman–Crippen LogP) is 1.25. The Kier molecular flexibility index (Phi) is 5.60. The number of carbonyl (C=O) groups is 1. The summed E-state index contributed by atoms with van der Waals surface area (Å²) in [5.41, 5.74) is 0. The van der Waals surface area contributed by atoms with Crippen molar-refractivity contribution in [1.29, 1.82) is 0 Å². The summed E-state index contributed by atoms with van der Waals surface area (Å²) in [4.78, 5) is 12.8. The molecule has 2 unspecified atom stereocenters. The number of aliphatic hydroxyl groups excluding tert-OH is 1. The van der Waals surface area contributed by atoms with Gasteiger partial charge in [-0.1, -0.05) is 19.3 Å². The van der Waals surface area contributed by atoms with E-state index in [0.29, 0.717) is 6.04 Å². The summed E-state index contributed by atoms with van der Waals surface area (Å²) >= 11 is 0. The van der Waals surface area contributed by atoms with Crippen molar-refractivity contribution < 1.29 is 19.7 Å². The van der Waals surface area contributed by atoms with Crippen molar-refractivity contribution in [2.45, 2.75) is 63.2 Å². The van der Waals surface area contributed by atoms with Crippen LogP contribution in [0.3, 0.4) is 0 Å². The zero-order valence-electron chi connectivity index (χ0n) is 11.5. The Balaban J connectivity index is 1.76. The number of rotatable bonds is 4. The van der Waals surface area contributed by atoms with E-state index in [0.717, 1.165) is 45.2 Å². The van der Waals surface area contributed by atoms with Crippen LogP contribution in [0, 0.1) is 0 Å². The highest BCUT2D eigenvalue weighted by molar-refractivity contribution is 5.68. The number of carboxylic acids is 1. The molecule has 0 amide bonds. The van der Waals surface area contributed by atoms with E-state index in [1.807, 2.05) is 0 Å². The highest BCUT2D eigenvalue weighted by atomic mass is 16.5. The van der Waals surface area contributed by atoms with Crippen molar-refractivity contribution in [2.24, 2.45) is 0 Å². The van der Waals surface area contributed by atoms with Crippen LogP contribution in [0.4, 0.5) is 0 Å². The second-order valence-electron chi connectivity index (χ2n) is 5.71. The average Bonchev–Trinajstić information content (AvgIpc) is 2.62. The molecule has 0 aromatic rings. The minimum Gasteiger partial charge on any atom is -0.480 e. The minimum absolute atomic E-state index is 0.0651. The lowest BCUT2D eigenvalue weighted by Gasteiger charge is -2.39. The van der Waals surface area contributed by atoms with E-state index in [-0.39, 0.29) is 18.8 Å². The fraction of sp³-hybridized carbons (Fsp3) is 0.929. The van der Waals surface area contributed by atoms with Crippen LogP contribution in [0.25, 0.3) is 0 Å². The third-order valence-corrected chi connectivity index (χ3v) is 4.33. The Morgan fingerprint density at radius 3 is 2.47 bits per heavy atom. The maximum Gasteiger partial charge on any atom is 0.329 e. The van der Waals surface area contributed by atoms with Gasteiger partial charge in [-0.25, -0.2) is 4.79 Å². The van der Waals surface area contributed by atoms with Crippen molar-refractivity contribution in [3.63, 3.8) is 0 Å². The zero-order valence-corrected chi connectivity index (χ0v) is 11.5. The third-order valence-electron chi connectivity index (χ3n) is 4.33. The van der Waals surface area contributed by atoms with Crippen LogP contribution in [-0.4, -0.2) is 59.0 Å². The molecule has 5 heteroatoms. The van der Waals surface area contributed by atoms with Gasteiger partial charge in [-0.05, 0) is 25.7 Å². The minimum atomic E-state index is -0.901. The molecule has 5 nitrogen and oxygen atoms in total. The Morgan fingerprint density at radius 2 is 1.79 bits per heavy atom. The first kappa shape index (κ1) is 14.8. The van der Waals surface area contributed by atoms with Gasteiger partial charge in [0, 0.05) is 19.1 Å². The van der Waals surface area contributed by atoms with Crippen LogP contribution in [0.1, 0.15) is 44.9 Å². The smallest absolute Gasteiger partial charge is 0.329 e. The second-order valence-corrected chi connectivity index (χ2v) is 5.71. The number of ether oxygens (including phenoxy) is 1. The van der Waals surface area contributed by atoms with E-state index in [1.165, 1.54) is 12.8 Å². The summed E-state index contributed by atoms with van der Waals surface area (Å²) in [6.07, 6.45) is 7.18. The van der Waals surface area contributed by atoms with Crippen molar-refractivity contribution in [3.05, 3.63) is 0 Å². The van der Waals surface area contributed by atoms with E-state index < -0.39 is 5.97 Å². The number of carboxylic acid groups (broad SMARTS) is 1. The van der Waals surface area contributed by atoms with Gasteiger partial charge in [-0.15, -0.1) is 0 Å². The molecular formula is C14H25NO4. The summed E-state index contributed by atoms with van der Waals surface area (Å²) < 4.78 is 5.34. The molecule has 19 heavy (non-hydrogen) atoms. The van der Waals surface area contributed by atoms with Crippen LogP contribution in [0.2, 0.25) is 0 Å². The number of hydrogen-bond donors (Lipinski definition) is 2. The molecule has 2 fully saturated rings. The molecule has 2 aliphatic rings. The number of aliphatic carboxylic acids is 1. The standard InChI is InChI=1S/C14H25NO4/c16-13-5-3-1-2-4-12(13)15-8-6-11(7-9-15)19-10-14(17)18/h11-13,16H,1-10H2,(H,17,18). The quantitative estimate of drug-likeness (QED) is 0.753. The SMILES string of the molecule is O=C(O)COC1CCN(C2CCCCCC2O)CC1. The first-order valence-corrected chi connectivity index (χ1v) is 7.42. The molecule has 1 aliphatic heterocycles. The number of piperidine rings is 1. The Hall–Kier alpha value is -0.650. The lowest BCUT2D eigenvalue weighted by atomic mass is 9.99. The predicted molar refractivity (Wildman–Crippen MR) is 71.1 cm³/mol. The molecule has 1 saturated carbocycles. The second kappa shape index (κ2) is 7.22. The van der Waals surface area contributed by atoms with Crippen LogP contribution in [-0.2, 0) is 9.53 Å². The van der Waals surface area contributed by atoms with Crippen LogP contribution in [0.5, 0.6) is 0 Å². The van der Waals surface area contributed by atoms with Crippen LogP contribution >= 0.6 is 0 Å². The molecule has 0 bridgehead atoms. The van der Waals surface area contributed by atoms with E-state index >= 15 is 0 Å². The summed E-state index contributed by atoms with van der Waals surface area (Å²) in [6, 6.07) is 0.294. The van der Waals surface area contributed by atoms with Crippen molar-refractivity contribution in [2.75, 3.05) is 19.7 Å².